The summed E-state index contributed by atoms with van der Waals surface area (Å²) < 4.78 is 23.6. The van der Waals surface area contributed by atoms with Gasteiger partial charge in [-0.2, -0.15) is 0 Å². The normalized spacial score (nSPS) is 10.6. The maximum atomic E-state index is 13.4. The van der Waals surface area contributed by atoms with Crippen molar-refractivity contribution in [3.8, 4) is 16.9 Å². The third-order valence-corrected chi connectivity index (χ3v) is 2.71. The standard InChI is InChI=1S/C13H15FN2O2/c1-3-4-10-12(13(15)18-16-10)9-7-8(14)5-6-11(9)17-2/h5-7H,3-4,15H2,1-2H3. The van der Waals surface area contributed by atoms with Crippen LogP contribution >= 0.6 is 0 Å². The zero-order valence-corrected chi connectivity index (χ0v) is 10.4. The molecule has 5 heteroatoms. The van der Waals surface area contributed by atoms with E-state index in [-0.39, 0.29) is 11.7 Å². The minimum Gasteiger partial charge on any atom is -0.496 e. The first kappa shape index (κ1) is 12.4. The molecule has 2 aromatic rings. The first-order valence-electron chi connectivity index (χ1n) is 5.75. The summed E-state index contributed by atoms with van der Waals surface area (Å²) in [6.07, 6.45) is 1.62. The van der Waals surface area contributed by atoms with Crippen LogP contribution in [0.1, 0.15) is 19.0 Å². The number of anilines is 1. The van der Waals surface area contributed by atoms with Crippen LogP contribution in [0.4, 0.5) is 10.3 Å². The fourth-order valence-electron chi connectivity index (χ4n) is 1.91. The smallest absolute Gasteiger partial charge is 0.230 e. The Morgan fingerprint density at radius 1 is 1.44 bits per heavy atom. The zero-order valence-electron chi connectivity index (χ0n) is 10.4. The Bertz CT molecular complexity index is 552. The van der Waals surface area contributed by atoms with Crippen molar-refractivity contribution in [2.24, 2.45) is 0 Å². The predicted molar refractivity (Wildman–Crippen MR) is 66.9 cm³/mol. The van der Waals surface area contributed by atoms with Gasteiger partial charge in [-0.3, -0.25) is 0 Å². The highest BCUT2D eigenvalue weighted by molar-refractivity contribution is 5.79. The van der Waals surface area contributed by atoms with E-state index in [0.29, 0.717) is 16.9 Å². The Labute approximate surface area is 105 Å². The number of methoxy groups -OCH3 is 1. The molecule has 1 heterocycles. The molecule has 2 N–H and O–H groups in total. The Morgan fingerprint density at radius 3 is 2.89 bits per heavy atom. The lowest BCUT2D eigenvalue weighted by Gasteiger charge is -2.08. The van der Waals surface area contributed by atoms with Crippen LogP contribution in [0.15, 0.2) is 22.7 Å². The minimum absolute atomic E-state index is 0.183. The number of halogens is 1. The van der Waals surface area contributed by atoms with Crippen LogP contribution in [0.25, 0.3) is 11.1 Å². The second-order valence-corrected chi connectivity index (χ2v) is 3.96. The molecule has 0 aliphatic rings. The molecule has 0 spiro atoms. The summed E-state index contributed by atoms with van der Waals surface area (Å²) in [6, 6.07) is 4.28. The topological polar surface area (TPSA) is 61.3 Å². The van der Waals surface area contributed by atoms with Crippen LogP contribution in [0.3, 0.4) is 0 Å². The third-order valence-electron chi connectivity index (χ3n) is 2.71. The van der Waals surface area contributed by atoms with Crippen LogP contribution < -0.4 is 10.5 Å². The summed E-state index contributed by atoms with van der Waals surface area (Å²) in [4.78, 5) is 0. The van der Waals surface area contributed by atoms with Crippen LogP contribution in [0.5, 0.6) is 5.75 Å². The summed E-state index contributed by atoms with van der Waals surface area (Å²) >= 11 is 0. The van der Waals surface area contributed by atoms with E-state index in [4.69, 9.17) is 15.0 Å². The highest BCUT2D eigenvalue weighted by Gasteiger charge is 2.19. The fraction of sp³-hybridized carbons (Fsp3) is 0.308. The Hall–Kier alpha value is -2.04. The molecule has 96 valence electrons. The maximum absolute atomic E-state index is 13.4. The zero-order chi connectivity index (χ0) is 13.1. The molecule has 1 aromatic heterocycles. The minimum atomic E-state index is -0.353. The van der Waals surface area contributed by atoms with E-state index < -0.39 is 0 Å². The molecule has 0 atom stereocenters. The van der Waals surface area contributed by atoms with E-state index >= 15 is 0 Å². The van der Waals surface area contributed by atoms with Gasteiger partial charge in [-0.1, -0.05) is 18.5 Å². The molecule has 0 saturated heterocycles. The molecule has 0 aliphatic carbocycles. The van der Waals surface area contributed by atoms with Gasteiger partial charge in [0.05, 0.1) is 18.4 Å². The molecule has 2 rings (SSSR count). The molecule has 18 heavy (non-hydrogen) atoms. The SMILES string of the molecule is CCCc1noc(N)c1-c1cc(F)ccc1OC. The van der Waals surface area contributed by atoms with Gasteiger partial charge in [0.15, 0.2) is 0 Å². The van der Waals surface area contributed by atoms with Gasteiger partial charge in [-0.25, -0.2) is 4.39 Å². The number of hydrogen-bond acceptors (Lipinski definition) is 4. The molecular weight excluding hydrogens is 235 g/mol. The second-order valence-electron chi connectivity index (χ2n) is 3.96. The molecular formula is C13H15FN2O2. The van der Waals surface area contributed by atoms with E-state index in [1.165, 1.54) is 19.2 Å². The molecule has 4 nitrogen and oxygen atoms in total. The molecule has 0 saturated carbocycles. The van der Waals surface area contributed by atoms with Crippen molar-refractivity contribution in [3.63, 3.8) is 0 Å². The van der Waals surface area contributed by atoms with Crippen molar-refractivity contribution in [3.05, 3.63) is 29.7 Å². The summed E-state index contributed by atoms with van der Waals surface area (Å²) in [5.74, 6) is 0.375. The monoisotopic (exact) mass is 250 g/mol. The molecule has 0 amide bonds. The number of nitrogens with zero attached hydrogens (tertiary/aromatic N) is 1. The number of nitrogen functional groups attached to an aromatic ring is 1. The molecule has 0 fully saturated rings. The first-order chi connectivity index (χ1) is 8.67. The Kier molecular flexibility index (Phi) is 3.50. The molecule has 1 aromatic carbocycles. The summed E-state index contributed by atoms with van der Waals surface area (Å²) in [5, 5.41) is 3.91. The largest absolute Gasteiger partial charge is 0.496 e. The molecule has 0 bridgehead atoms. The van der Waals surface area contributed by atoms with Gasteiger partial charge in [0.1, 0.15) is 11.6 Å². The molecule has 0 aliphatic heterocycles. The maximum Gasteiger partial charge on any atom is 0.230 e. The lowest BCUT2D eigenvalue weighted by molar-refractivity contribution is 0.415. The van der Waals surface area contributed by atoms with E-state index in [0.717, 1.165) is 18.5 Å². The number of ether oxygens (including phenoxy) is 1. The lowest BCUT2D eigenvalue weighted by Crippen LogP contribution is -1.95. The van der Waals surface area contributed by atoms with Gasteiger partial charge in [0, 0.05) is 5.56 Å². The van der Waals surface area contributed by atoms with Crippen LogP contribution in [-0.4, -0.2) is 12.3 Å². The number of hydrogen-bond donors (Lipinski definition) is 1. The number of aryl methyl sites for hydroxylation is 1. The Morgan fingerprint density at radius 2 is 2.22 bits per heavy atom. The molecule has 0 radical (unpaired) electrons. The van der Waals surface area contributed by atoms with Crippen LogP contribution in [0, 0.1) is 5.82 Å². The summed E-state index contributed by atoms with van der Waals surface area (Å²) in [7, 11) is 1.53. The third kappa shape index (κ3) is 2.16. The van der Waals surface area contributed by atoms with Crippen molar-refractivity contribution in [1.29, 1.82) is 0 Å². The first-order valence-corrected chi connectivity index (χ1v) is 5.75. The fourth-order valence-corrected chi connectivity index (χ4v) is 1.91. The van der Waals surface area contributed by atoms with E-state index in [1.54, 1.807) is 6.07 Å². The average molecular weight is 250 g/mol. The number of aromatic nitrogens is 1. The number of benzene rings is 1. The van der Waals surface area contributed by atoms with Crippen molar-refractivity contribution in [2.75, 3.05) is 12.8 Å². The van der Waals surface area contributed by atoms with Gasteiger partial charge in [-0.15, -0.1) is 0 Å². The van der Waals surface area contributed by atoms with E-state index in [9.17, 15) is 4.39 Å². The highest BCUT2D eigenvalue weighted by Crippen LogP contribution is 2.37. The van der Waals surface area contributed by atoms with Crippen molar-refractivity contribution >= 4 is 5.88 Å². The quantitative estimate of drug-likeness (QED) is 0.906. The highest BCUT2D eigenvalue weighted by atomic mass is 19.1. The number of rotatable bonds is 4. The lowest BCUT2D eigenvalue weighted by atomic mass is 10.0. The predicted octanol–water partition coefficient (Wildman–Crippen LogP) is 3.02. The van der Waals surface area contributed by atoms with Gasteiger partial charge in [0.25, 0.3) is 0 Å². The van der Waals surface area contributed by atoms with Crippen molar-refractivity contribution < 1.29 is 13.7 Å². The van der Waals surface area contributed by atoms with Crippen molar-refractivity contribution in [1.82, 2.24) is 5.16 Å². The summed E-state index contributed by atoms with van der Waals surface area (Å²) in [6.45, 7) is 2.03. The van der Waals surface area contributed by atoms with E-state index in [2.05, 4.69) is 5.16 Å². The molecule has 0 unspecified atom stereocenters. The van der Waals surface area contributed by atoms with Gasteiger partial charge >= 0.3 is 0 Å². The Balaban J connectivity index is 2.60. The average Bonchev–Trinajstić information content (AvgIpc) is 2.71. The number of nitrogens with two attached hydrogens (primary N) is 1. The van der Waals surface area contributed by atoms with Crippen molar-refractivity contribution in [2.45, 2.75) is 19.8 Å². The van der Waals surface area contributed by atoms with Gasteiger partial charge in [0.2, 0.25) is 5.88 Å². The summed E-state index contributed by atoms with van der Waals surface area (Å²) in [5.41, 5.74) is 7.68. The van der Waals surface area contributed by atoms with E-state index in [1.807, 2.05) is 6.92 Å². The van der Waals surface area contributed by atoms with Gasteiger partial charge in [-0.05, 0) is 24.6 Å². The van der Waals surface area contributed by atoms with Gasteiger partial charge < -0.3 is 15.0 Å². The van der Waals surface area contributed by atoms with Crippen LogP contribution in [-0.2, 0) is 6.42 Å². The van der Waals surface area contributed by atoms with Crippen LogP contribution in [0.2, 0.25) is 0 Å². The second kappa shape index (κ2) is 5.08.